The maximum Gasteiger partial charge on any atom is 0.337 e. The minimum absolute atomic E-state index is 0.156. The molecule has 6 nitrogen and oxygen atoms in total. The molecule has 2 rings (SSSR count). The van der Waals surface area contributed by atoms with Crippen LogP contribution in [0.4, 0.5) is 0 Å². The number of hydrogen-bond acceptors (Lipinski definition) is 5. The van der Waals surface area contributed by atoms with E-state index in [9.17, 15) is 9.59 Å². The van der Waals surface area contributed by atoms with Crippen LogP contribution in [0.2, 0.25) is 0 Å². The molecule has 1 fully saturated rings. The van der Waals surface area contributed by atoms with Gasteiger partial charge in [0.15, 0.2) is 0 Å². The van der Waals surface area contributed by atoms with Crippen molar-refractivity contribution in [1.82, 2.24) is 10.9 Å². The van der Waals surface area contributed by atoms with E-state index in [2.05, 4.69) is 20.6 Å². The third kappa shape index (κ3) is 3.37. The molecule has 20 heavy (non-hydrogen) atoms. The lowest BCUT2D eigenvalue weighted by molar-refractivity contribution is 0.0600. The molecule has 1 saturated heterocycles. The number of hydrogen-bond donors (Lipinski definition) is 1. The zero-order valence-electron chi connectivity index (χ0n) is 11.1. The Bertz CT molecular complexity index is 560. The number of rotatable bonds is 3. The largest absolute Gasteiger partial charge is 0.465 e. The molecule has 105 valence electrons. The molecule has 0 saturated carbocycles. The maximum atomic E-state index is 12.0. The molecule has 0 aromatic heterocycles. The fourth-order valence-electron chi connectivity index (χ4n) is 1.58. The molecule has 0 bridgehead atoms. The Hall–Kier alpha value is -1.86. The summed E-state index contributed by atoms with van der Waals surface area (Å²) in [6.45, 7) is 2.02. The normalized spacial score (nSPS) is 19.7. The quantitative estimate of drug-likeness (QED) is 0.855. The van der Waals surface area contributed by atoms with Crippen LogP contribution in [0.1, 0.15) is 34.1 Å². The second-order valence-electron chi connectivity index (χ2n) is 4.03. The zero-order chi connectivity index (χ0) is 14.5. The molecule has 1 heterocycles. The van der Waals surface area contributed by atoms with Crippen molar-refractivity contribution in [3.05, 3.63) is 35.4 Å². The van der Waals surface area contributed by atoms with Crippen LogP contribution in [-0.2, 0) is 4.74 Å². The average molecular weight is 292 g/mol. The van der Waals surface area contributed by atoms with Crippen LogP contribution in [0.5, 0.6) is 0 Å². The second-order valence-corrected chi connectivity index (χ2v) is 5.20. The van der Waals surface area contributed by atoms with Crippen LogP contribution in [0.25, 0.3) is 0 Å². The minimum Gasteiger partial charge on any atom is -0.465 e. The molecular weight excluding hydrogens is 278 g/mol. The molecule has 1 aromatic carbocycles. The fraction of sp³-hybridized carbons (Fsp3) is 0.308. The van der Waals surface area contributed by atoms with Crippen molar-refractivity contribution in [3.8, 4) is 0 Å². The number of carbonyl (C=O) groups excluding carboxylic acids is 2. The van der Waals surface area contributed by atoms with E-state index in [1.54, 1.807) is 18.2 Å². The average Bonchev–Trinajstić information content (AvgIpc) is 2.94. The van der Waals surface area contributed by atoms with Crippen molar-refractivity contribution in [2.75, 3.05) is 7.11 Å². The molecule has 0 aliphatic carbocycles. The SMILES string of the molecule is CCC1N[N]C(=NC(=O)c2cccc(C(=O)OC)c2)S1. The van der Waals surface area contributed by atoms with Crippen molar-refractivity contribution >= 4 is 28.8 Å². The summed E-state index contributed by atoms with van der Waals surface area (Å²) in [4.78, 5) is 27.4. The van der Waals surface area contributed by atoms with Gasteiger partial charge in [0.2, 0.25) is 5.17 Å². The van der Waals surface area contributed by atoms with E-state index >= 15 is 0 Å². The van der Waals surface area contributed by atoms with Crippen molar-refractivity contribution < 1.29 is 14.3 Å². The number of nitrogens with zero attached hydrogens (tertiary/aromatic N) is 2. The maximum absolute atomic E-state index is 12.0. The lowest BCUT2D eigenvalue weighted by Crippen LogP contribution is -2.24. The molecule has 1 radical (unpaired) electrons. The first-order chi connectivity index (χ1) is 9.63. The van der Waals surface area contributed by atoms with Crippen LogP contribution >= 0.6 is 11.8 Å². The highest BCUT2D eigenvalue weighted by Gasteiger charge is 2.22. The molecule has 7 heteroatoms. The highest BCUT2D eigenvalue weighted by atomic mass is 32.2. The first-order valence-corrected chi connectivity index (χ1v) is 6.96. The summed E-state index contributed by atoms with van der Waals surface area (Å²) in [7, 11) is 1.29. The van der Waals surface area contributed by atoms with E-state index in [0.29, 0.717) is 16.3 Å². The van der Waals surface area contributed by atoms with E-state index in [1.807, 2.05) is 6.92 Å². The van der Waals surface area contributed by atoms with E-state index in [-0.39, 0.29) is 5.37 Å². The molecule has 1 atom stereocenters. The number of methoxy groups -OCH3 is 1. The summed E-state index contributed by atoms with van der Waals surface area (Å²) >= 11 is 1.41. The number of amides is 1. The number of ether oxygens (including phenoxy) is 1. The van der Waals surface area contributed by atoms with Crippen molar-refractivity contribution in [3.63, 3.8) is 0 Å². The molecule has 1 aliphatic heterocycles. The highest BCUT2D eigenvalue weighted by Crippen LogP contribution is 2.19. The van der Waals surface area contributed by atoms with Gasteiger partial charge in [-0.2, -0.15) is 15.8 Å². The summed E-state index contributed by atoms with van der Waals surface area (Å²) in [5, 5.41) is 0.563. The Balaban J connectivity index is 2.14. The smallest absolute Gasteiger partial charge is 0.337 e. The van der Waals surface area contributed by atoms with Gasteiger partial charge in [0.1, 0.15) is 0 Å². The van der Waals surface area contributed by atoms with Gasteiger partial charge in [-0.05, 0) is 24.6 Å². The number of nitrogens with one attached hydrogen (secondary N) is 1. The number of aliphatic imine (C=N–C) groups is 1. The summed E-state index contributed by atoms with van der Waals surface area (Å²) in [5.74, 6) is -0.916. The van der Waals surface area contributed by atoms with Crippen LogP contribution in [0.3, 0.4) is 0 Å². The lowest BCUT2D eigenvalue weighted by Gasteiger charge is -2.01. The topological polar surface area (TPSA) is 81.9 Å². The van der Waals surface area contributed by atoms with Gasteiger partial charge >= 0.3 is 5.97 Å². The Morgan fingerprint density at radius 2 is 2.20 bits per heavy atom. The molecule has 1 aromatic rings. The number of carbonyl (C=O) groups is 2. The van der Waals surface area contributed by atoms with E-state index < -0.39 is 11.9 Å². The predicted molar refractivity (Wildman–Crippen MR) is 76.5 cm³/mol. The van der Waals surface area contributed by atoms with Crippen LogP contribution in [-0.4, -0.2) is 29.5 Å². The van der Waals surface area contributed by atoms with Crippen molar-refractivity contribution in [2.45, 2.75) is 18.7 Å². The van der Waals surface area contributed by atoms with Crippen molar-refractivity contribution in [2.24, 2.45) is 4.99 Å². The fourth-order valence-corrected chi connectivity index (χ4v) is 2.35. The third-order valence-electron chi connectivity index (χ3n) is 2.65. The number of esters is 1. The standard InChI is InChI=1S/C13H14N3O3S/c1-3-10-15-16-13(20-10)14-11(17)8-5-4-6-9(7-8)12(18)19-2/h4-7,10,15H,3H2,1-2H3. The Morgan fingerprint density at radius 3 is 2.85 bits per heavy atom. The lowest BCUT2D eigenvalue weighted by atomic mass is 10.1. The van der Waals surface area contributed by atoms with Gasteiger partial charge in [0.05, 0.1) is 18.0 Å². The second kappa shape index (κ2) is 6.53. The Kier molecular flexibility index (Phi) is 4.75. The van der Waals surface area contributed by atoms with E-state index in [1.165, 1.54) is 24.9 Å². The Morgan fingerprint density at radius 1 is 1.45 bits per heavy atom. The monoisotopic (exact) mass is 292 g/mol. The molecule has 1 N–H and O–H groups in total. The number of thioether (sulfide) groups is 1. The summed E-state index contributed by atoms with van der Waals surface area (Å²) in [6.07, 6.45) is 0.888. The highest BCUT2D eigenvalue weighted by molar-refractivity contribution is 8.14. The van der Waals surface area contributed by atoms with Gasteiger partial charge in [-0.25, -0.2) is 4.79 Å². The van der Waals surface area contributed by atoms with Gasteiger partial charge in [-0.3, -0.25) is 4.79 Å². The molecule has 0 spiro atoms. The number of amidine groups is 1. The molecule has 1 unspecified atom stereocenters. The first kappa shape index (κ1) is 14.5. The zero-order valence-corrected chi connectivity index (χ0v) is 11.9. The minimum atomic E-state index is -0.486. The molecule has 1 aliphatic rings. The van der Waals surface area contributed by atoms with E-state index in [0.717, 1.165) is 6.42 Å². The van der Waals surface area contributed by atoms with Gasteiger partial charge in [-0.1, -0.05) is 24.8 Å². The van der Waals surface area contributed by atoms with Gasteiger partial charge in [0, 0.05) is 5.56 Å². The van der Waals surface area contributed by atoms with Crippen LogP contribution < -0.4 is 10.9 Å². The van der Waals surface area contributed by atoms with Crippen molar-refractivity contribution in [1.29, 1.82) is 0 Å². The van der Waals surface area contributed by atoms with Gasteiger partial charge in [-0.15, -0.1) is 0 Å². The first-order valence-electron chi connectivity index (χ1n) is 6.08. The number of benzene rings is 1. The predicted octanol–water partition coefficient (Wildman–Crippen LogP) is 1.56. The molecule has 1 amide bonds. The van der Waals surface area contributed by atoms with Gasteiger partial charge < -0.3 is 4.74 Å². The summed E-state index contributed by atoms with van der Waals surface area (Å²) in [6, 6.07) is 6.26. The Labute approximate surface area is 121 Å². The van der Waals surface area contributed by atoms with Crippen LogP contribution in [0, 0.1) is 0 Å². The third-order valence-corrected chi connectivity index (χ3v) is 3.77. The summed E-state index contributed by atoms with van der Waals surface area (Å²) in [5.41, 5.74) is 7.51. The molecular formula is C13H14N3O3S. The van der Waals surface area contributed by atoms with Crippen LogP contribution in [0.15, 0.2) is 29.3 Å². The van der Waals surface area contributed by atoms with Gasteiger partial charge in [0.25, 0.3) is 5.91 Å². The summed E-state index contributed by atoms with van der Waals surface area (Å²) < 4.78 is 4.61. The van der Waals surface area contributed by atoms with E-state index in [4.69, 9.17) is 0 Å².